The summed E-state index contributed by atoms with van der Waals surface area (Å²) in [6.45, 7) is 2.58. The van der Waals surface area contributed by atoms with Crippen molar-refractivity contribution in [1.29, 1.82) is 0 Å². The molecule has 0 aromatic heterocycles. The Bertz CT molecular complexity index is 1160. The second kappa shape index (κ2) is 8.99. The number of carbonyl (C=O) groups is 1. The Morgan fingerprint density at radius 3 is 2.16 bits per heavy atom. The van der Waals surface area contributed by atoms with Gasteiger partial charge in [0.1, 0.15) is 0 Å². The zero-order valence-electron chi connectivity index (χ0n) is 16.7. The molecule has 1 amide bonds. The smallest absolute Gasteiger partial charge is 0.261 e. The van der Waals surface area contributed by atoms with Crippen LogP contribution in [-0.2, 0) is 10.0 Å². The maximum Gasteiger partial charge on any atom is 0.261 e. The van der Waals surface area contributed by atoms with Crippen molar-refractivity contribution >= 4 is 38.9 Å². The van der Waals surface area contributed by atoms with Crippen molar-refractivity contribution in [2.24, 2.45) is 0 Å². The van der Waals surface area contributed by atoms with Crippen LogP contribution in [0.2, 0.25) is 5.02 Å². The SMILES string of the molecule is O=C(c1ccc(S(=O)(=O)Nc2ccccc2)cc1)N1CCN(c2cccc(Cl)c2)CC1. The molecular formula is C23H22ClN3O3S. The molecule has 0 unspecified atom stereocenters. The predicted octanol–water partition coefficient (Wildman–Crippen LogP) is 4.10. The van der Waals surface area contributed by atoms with E-state index in [1.54, 1.807) is 41.3 Å². The average Bonchev–Trinajstić information content (AvgIpc) is 2.79. The van der Waals surface area contributed by atoms with E-state index < -0.39 is 10.0 Å². The molecule has 1 N–H and O–H groups in total. The number of rotatable bonds is 5. The summed E-state index contributed by atoms with van der Waals surface area (Å²) in [5.74, 6) is -0.106. The Kier molecular flexibility index (Phi) is 6.15. The molecule has 4 rings (SSSR count). The highest BCUT2D eigenvalue weighted by Gasteiger charge is 2.23. The van der Waals surface area contributed by atoms with Gasteiger partial charge in [0.05, 0.1) is 4.90 Å². The summed E-state index contributed by atoms with van der Waals surface area (Å²) in [5, 5.41) is 0.688. The molecule has 1 saturated heterocycles. The molecule has 0 radical (unpaired) electrons. The summed E-state index contributed by atoms with van der Waals surface area (Å²) >= 11 is 6.07. The molecule has 1 aliphatic heterocycles. The number of piperazine rings is 1. The van der Waals surface area contributed by atoms with Gasteiger partial charge < -0.3 is 9.80 Å². The van der Waals surface area contributed by atoms with E-state index in [0.29, 0.717) is 42.5 Å². The zero-order valence-corrected chi connectivity index (χ0v) is 18.3. The van der Waals surface area contributed by atoms with Crippen molar-refractivity contribution in [3.8, 4) is 0 Å². The lowest BCUT2D eigenvalue weighted by Crippen LogP contribution is -2.48. The van der Waals surface area contributed by atoms with Crippen molar-refractivity contribution in [3.05, 3.63) is 89.4 Å². The van der Waals surface area contributed by atoms with Gasteiger partial charge in [-0.2, -0.15) is 0 Å². The molecule has 31 heavy (non-hydrogen) atoms. The molecule has 1 aliphatic rings. The number of para-hydroxylation sites is 1. The minimum Gasteiger partial charge on any atom is -0.368 e. The highest BCUT2D eigenvalue weighted by Crippen LogP contribution is 2.22. The largest absolute Gasteiger partial charge is 0.368 e. The number of hydrogen-bond acceptors (Lipinski definition) is 4. The molecule has 0 spiro atoms. The molecule has 3 aromatic carbocycles. The number of carbonyl (C=O) groups excluding carboxylic acids is 1. The predicted molar refractivity (Wildman–Crippen MR) is 123 cm³/mol. The third kappa shape index (κ3) is 5.00. The van der Waals surface area contributed by atoms with Gasteiger partial charge in [0.25, 0.3) is 15.9 Å². The van der Waals surface area contributed by atoms with Crippen LogP contribution in [0.5, 0.6) is 0 Å². The third-order valence-corrected chi connectivity index (χ3v) is 6.81. The van der Waals surface area contributed by atoms with Crippen LogP contribution < -0.4 is 9.62 Å². The molecule has 3 aromatic rings. The maximum absolute atomic E-state index is 12.9. The summed E-state index contributed by atoms with van der Waals surface area (Å²) in [7, 11) is -3.71. The third-order valence-electron chi connectivity index (χ3n) is 5.18. The van der Waals surface area contributed by atoms with E-state index in [1.807, 2.05) is 30.3 Å². The Hall–Kier alpha value is -3.03. The van der Waals surface area contributed by atoms with Crippen LogP contribution in [-0.4, -0.2) is 45.4 Å². The Balaban J connectivity index is 1.40. The van der Waals surface area contributed by atoms with Crippen LogP contribution >= 0.6 is 11.6 Å². The van der Waals surface area contributed by atoms with E-state index in [1.165, 1.54) is 12.1 Å². The molecule has 160 valence electrons. The van der Waals surface area contributed by atoms with Gasteiger partial charge in [-0.15, -0.1) is 0 Å². The second-order valence-corrected chi connectivity index (χ2v) is 9.37. The van der Waals surface area contributed by atoms with E-state index in [-0.39, 0.29) is 10.8 Å². The Labute approximate surface area is 187 Å². The molecule has 0 saturated carbocycles. The Morgan fingerprint density at radius 1 is 0.839 bits per heavy atom. The fourth-order valence-corrected chi connectivity index (χ4v) is 4.76. The monoisotopic (exact) mass is 455 g/mol. The van der Waals surface area contributed by atoms with Crippen LogP contribution in [0.15, 0.2) is 83.8 Å². The van der Waals surface area contributed by atoms with Gasteiger partial charge in [-0.25, -0.2) is 8.42 Å². The number of sulfonamides is 1. The number of anilines is 2. The zero-order chi connectivity index (χ0) is 21.8. The molecule has 0 atom stereocenters. The first kappa shape index (κ1) is 21.2. The van der Waals surface area contributed by atoms with E-state index in [4.69, 9.17) is 11.6 Å². The first-order valence-corrected chi connectivity index (χ1v) is 11.8. The van der Waals surface area contributed by atoms with Gasteiger partial charge in [-0.05, 0) is 54.6 Å². The van der Waals surface area contributed by atoms with Crippen LogP contribution in [0.4, 0.5) is 11.4 Å². The summed E-state index contributed by atoms with van der Waals surface area (Å²) in [5.41, 5.74) is 2.00. The van der Waals surface area contributed by atoms with Gasteiger partial charge >= 0.3 is 0 Å². The first-order valence-electron chi connectivity index (χ1n) is 9.90. The minimum absolute atomic E-state index is 0.106. The van der Waals surface area contributed by atoms with E-state index in [9.17, 15) is 13.2 Å². The lowest BCUT2D eigenvalue weighted by molar-refractivity contribution is 0.0746. The summed E-state index contributed by atoms with van der Waals surface area (Å²) in [6, 6.07) is 22.4. The molecule has 0 bridgehead atoms. The number of amides is 1. The molecular weight excluding hydrogens is 434 g/mol. The molecule has 8 heteroatoms. The lowest BCUT2D eigenvalue weighted by atomic mass is 10.1. The second-order valence-electron chi connectivity index (χ2n) is 7.26. The van der Waals surface area contributed by atoms with E-state index in [2.05, 4.69) is 9.62 Å². The van der Waals surface area contributed by atoms with Gasteiger partial charge in [0, 0.05) is 48.1 Å². The van der Waals surface area contributed by atoms with E-state index >= 15 is 0 Å². The number of halogens is 1. The maximum atomic E-state index is 12.9. The fraction of sp³-hybridized carbons (Fsp3) is 0.174. The quantitative estimate of drug-likeness (QED) is 0.628. The normalized spacial score (nSPS) is 14.4. The summed E-state index contributed by atoms with van der Waals surface area (Å²) in [4.78, 5) is 17.0. The summed E-state index contributed by atoms with van der Waals surface area (Å²) in [6.07, 6.45) is 0. The van der Waals surface area contributed by atoms with Crippen molar-refractivity contribution in [2.45, 2.75) is 4.90 Å². The van der Waals surface area contributed by atoms with Crippen molar-refractivity contribution < 1.29 is 13.2 Å². The number of nitrogens with zero attached hydrogens (tertiary/aromatic N) is 2. The number of benzene rings is 3. The topological polar surface area (TPSA) is 69.7 Å². The van der Waals surface area contributed by atoms with Crippen LogP contribution in [0.1, 0.15) is 10.4 Å². The Morgan fingerprint density at radius 2 is 1.52 bits per heavy atom. The highest BCUT2D eigenvalue weighted by atomic mass is 35.5. The highest BCUT2D eigenvalue weighted by molar-refractivity contribution is 7.92. The number of hydrogen-bond donors (Lipinski definition) is 1. The lowest BCUT2D eigenvalue weighted by Gasteiger charge is -2.36. The van der Waals surface area contributed by atoms with Crippen molar-refractivity contribution in [3.63, 3.8) is 0 Å². The van der Waals surface area contributed by atoms with Gasteiger partial charge in [0.15, 0.2) is 0 Å². The van der Waals surface area contributed by atoms with Crippen LogP contribution in [0.25, 0.3) is 0 Å². The van der Waals surface area contributed by atoms with Gasteiger partial charge in [-0.3, -0.25) is 9.52 Å². The number of nitrogens with one attached hydrogen (secondary N) is 1. The molecule has 1 heterocycles. The van der Waals surface area contributed by atoms with Crippen LogP contribution in [0, 0.1) is 0 Å². The van der Waals surface area contributed by atoms with Crippen molar-refractivity contribution in [2.75, 3.05) is 35.8 Å². The first-order chi connectivity index (χ1) is 14.9. The average molecular weight is 456 g/mol. The fourth-order valence-electron chi connectivity index (χ4n) is 3.52. The standard InChI is InChI=1S/C23H22ClN3O3S/c24-19-5-4-8-21(17-19)26-13-15-27(16-14-26)23(28)18-9-11-22(12-10-18)31(29,30)25-20-6-2-1-3-7-20/h1-12,17,25H,13-16H2. The van der Waals surface area contributed by atoms with E-state index in [0.717, 1.165) is 5.69 Å². The van der Waals surface area contributed by atoms with Crippen LogP contribution in [0.3, 0.4) is 0 Å². The van der Waals surface area contributed by atoms with Crippen molar-refractivity contribution in [1.82, 2.24) is 4.90 Å². The molecule has 6 nitrogen and oxygen atoms in total. The van der Waals surface area contributed by atoms with Gasteiger partial charge in [0.2, 0.25) is 0 Å². The minimum atomic E-state index is -3.71. The summed E-state index contributed by atoms with van der Waals surface area (Å²) < 4.78 is 27.6. The van der Waals surface area contributed by atoms with Gasteiger partial charge in [-0.1, -0.05) is 35.9 Å². The molecule has 0 aliphatic carbocycles. The molecule has 1 fully saturated rings.